The highest BCUT2D eigenvalue weighted by Crippen LogP contribution is 2.14. The summed E-state index contributed by atoms with van der Waals surface area (Å²) in [7, 11) is 1.77. The smallest absolute Gasteiger partial charge is 0.223 e. The van der Waals surface area contributed by atoms with Crippen molar-refractivity contribution in [3.63, 3.8) is 0 Å². The third-order valence-electron chi connectivity index (χ3n) is 9.83. The van der Waals surface area contributed by atoms with Gasteiger partial charge in [-0.05, 0) is 49.5 Å². The number of unbranched alkanes of at least 4 members (excludes halogenated alkanes) is 22. The monoisotopic (exact) mass is 829 g/mol. The van der Waals surface area contributed by atoms with Crippen molar-refractivity contribution in [1.29, 1.82) is 0 Å². The van der Waals surface area contributed by atoms with Crippen LogP contribution in [0.1, 0.15) is 181 Å². The first kappa shape index (κ1) is 53.0. The Morgan fingerprint density at radius 1 is 0.400 bits per heavy atom. The first-order chi connectivity index (χ1) is 26.8. The summed E-state index contributed by atoms with van der Waals surface area (Å²) in [5, 5.41) is 23.0. The largest absolute Gasteiger partial charge is 0.366 e. The lowest BCUT2D eigenvalue weighted by Gasteiger charge is -2.23. The molecule has 0 aromatic carbocycles. The molecule has 2 amide bonds. The van der Waals surface area contributed by atoms with Crippen LogP contribution in [0.2, 0.25) is 0 Å². The van der Waals surface area contributed by atoms with Gasteiger partial charge in [-0.25, -0.2) is 0 Å². The van der Waals surface area contributed by atoms with Gasteiger partial charge in [0.15, 0.2) is 15.3 Å². The van der Waals surface area contributed by atoms with Crippen molar-refractivity contribution in [2.75, 3.05) is 59.4 Å². The summed E-state index contributed by atoms with van der Waals surface area (Å²) in [5.41, 5.74) is 0. The van der Waals surface area contributed by atoms with Crippen molar-refractivity contribution in [3.05, 3.63) is 0 Å². The lowest BCUT2D eigenvalue weighted by atomic mass is 10.0. The Kier molecular flexibility index (Phi) is 40.1. The average molecular weight is 829 g/mol. The van der Waals surface area contributed by atoms with Gasteiger partial charge in [0.2, 0.25) is 11.8 Å². The van der Waals surface area contributed by atoms with Gasteiger partial charge in [-0.15, -0.1) is 0 Å². The minimum atomic E-state index is -0.0992. The molecule has 0 aliphatic rings. The number of carbonyl (C=O) groups excluding carboxylic acids is 2. The van der Waals surface area contributed by atoms with Crippen LogP contribution in [-0.4, -0.2) is 91.5 Å². The molecule has 13 heteroatoms. The van der Waals surface area contributed by atoms with E-state index in [1.807, 2.05) is 4.90 Å². The molecule has 0 saturated carbocycles. The third-order valence-corrected chi connectivity index (χ3v) is 10.8. The fraction of sp³-hybridized carbons (Fsp3) is 0.881. The van der Waals surface area contributed by atoms with E-state index in [0.717, 1.165) is 25.9 Å². The molecule has 10 nitrogen and oxygen atoms in total. The molecule has 0 aliphatic carbocycles. The summed E-state index contributed by atoms with van der Waals surface area (Å²) in [6.07, 6.45) is 31.9. The maximum atomic E-state index is 13.3. The van der Waals surface area contributed by atoms with Crippen LogP contribution in [-0.2, 0) is 9.59 Å². The number of hydrogen-bond donors (Lipinski definition) is 7. The summed E-state index contributed by atoms with van der Waals surface area (Å²) < 4.78 is 0. The SMILES string of the molecule is CCCCCCCCCCCCCCN(CCCCCCCCCCCCCC)C(=O)CCC(=O)NCCNC(=S)NCCNC(=S)NCCNC(=S)NC. The van der Waals surface area contributed by atoms with Crippen molar-refractivity contribution < 1.29 is 9.59 Å². The summed E-state index contributed by atoms with van der Waals surface area (Å²) in [6.45, 7) is 9.63. The maximum Gasteiger partial charge on any atom is 0.223 e. The average Bonchev–Trinajstić information content (AvgIpc) is 3.18. The lowest BCUT2D eigenvalue weighted by molar-refractivity contribution is -0.133. The van der Waals surface area contributed by atoms with Gasteiger partial charge < -0.3 is 42.1 Å². The van der Waals surface area contributed by atoms with Crippen LogP contribution in [0.25, 0.3) is 0 Å². The molecule has 0 heterocycles. The number of rotatable bonds is 38. The van der Waals surface area contributed by atoms with E-state index in [1.54, 1.807) is 7.05 Å². The normalized spacial score (nSPS) is 10.7. The second-order valence-corrected chi connectivity index (χ2v) is 16.1. The van der Waals surface area contributed by atoms with E-state index in [4.69, 9.17) is 36.7 Å². The van der Waals surface area contributed by atoms with Gasteiger partial charge in [0.1, 0.15) is 0 Å². The molecule has 322 valence electrons. The van der Waals surface area contributed by atoms with E-state index < -0.39 is 0 Å². The van der Waals surface area contributed by atoms with Crippen molar-refractivity contribution in [2.24, 2.45) is 0 Å². The minimum absolute atomic E-state index is 0.0992. The van der Waals surface area contributed by atoms with E-state index in [0.29, 0.717) is 54.6 Å². The highest BCUT2D eigenvalue weighted by atomic mass is 32.1. The molecular formula is C42H84N8O2S3. The van der Waals surface area contributed by atoms with Crippen LogP contribution in [0.15, 0.2) is 0 Å². The molecule has 0 aliphatic heterocycles. The molecule has 0 bridgehead atoms. The third kappa shape index (κ3) is 38.7. The Morgan fingerprint density at radius 2 is 0.691 bits per heavy atom. The molecule has 0 unspecified atom stereocenters. The van der Waals surface area contributed by atoms with Gasteiger partial charge in [-0.1, -0.05) is 155 Å². The second-order valence-electron chi connectivity index (χ2n) is 14.9. The maximum absolute atomic E-state index is 13.3. The number of nitrogens with one attached hydrogen (secondary N) is 7. The molecule has 0 radical (unpaired) electrons. The Bertz CT molecular complexity index is 932. The number of carbonyl (C=O) groups is 2. The molecule has 0 fully saturated rings. The predicted octanol–water partition coefficient (Wildman–Crippen LogP) is 8.14. The number of amides is 2. The summed E-state index contributed by atoms with van der Waals surface area (Å²) in [5.74, 6) is 0.0144. The molecule has 0 spiro atoms. The quantitative estimate of drug-likeness (QED) is 0.0242. The molecule has 0 aromatic rings. The Morgan fingerprint density at radius 3 is 1.02 bits per heavy atom. The molecular weight excluding hydrogens is 745 g/mol. The van der Waals surface area contributed by atoms with E-state index >= 15 is 0 Å². The molecule has 0 rings (SSSR count). The fourth-order valence-electron chi connectivity index (χ4n) is 6.41. The van der Waals surface area contributed by atoms with Crippen LogP contribution in [0.3, 0.4) is 0 Å². The first-order valence-electron chi connectivity index (χ1n) is 22.4. The summed E-state index contributed by atoms with van der Waals surface area (Å²) >= 11 is 15.7. The zero-order chi connectivity index (χ0) is 40.5. The first-order valence-corrected chi connectivity index (χ1v) is 23.6. The summed E-state index contributed by atoms with van der Waals surface area (Å²) in [6, 6.07) is 0. The van der Waals surface area contributed by atoms with Crippen molar-refractivity contribution in [3.8, 4) is 0 Å². The van der Waals surface area contributed by atoms with Gasteiger partial charge in [0, 0.05) is 72.2 Å². The molecule has 0 saturated heterocycles. The lowest BCUT2D eigenvalue weighted by Crippen LogP contribution is -2.45. The van der Waals surface area contributed by atoms with E-state index in [2.05, 4.69) is 51.1 Å². The van der Waals surface area contributed by atoms with Crippen LogP contribution in [0.5, 0.6) is 0 Å². The van der Waals surface area contributed by atoms with Crippen LogP contribution >= 0.6 is 36.7 Å². The van der Waals surface area contributed by atoms with E-state index in [1.165, 1.54) is 141 Å². The predicted molar refractivity (Wildman–Crippen MR) is 248 cm³/mol. The Balaban J connectivity index is 4.29. The standard InChI is InChI=1S/C42H84N8O2S3/c1-4-6-8-10-12-14-16-18-20-22-24-26-36-50(37-27-25-23-21-19-17-15-13-11-9-7-5-2)39(52)29-28-38(51)44-30-31-46-41(54)48-34-35-49-42(55)47-33-32-45-40(53)43-3/h4-37H2,1-3H3,(H,44,51)(H2,43,45,53)(H2,46,48,54)(H2,47,49,55). The van der Waals surface area contributed by atoms with Crippen LogP contribution < -0.4 is 37.2 Å². The number of hydrogen-bond acceptors (Lipinski definition) is 5. The summed E-state index contributed by atoms with van der Waals surface area (Å²) in [4.78, 5) is 27.9. The highest BCUT2D eigenvalue weighted by molar-refractivity contribution is 7.80. The van der Waals surface area contributed by atoms with Crippen molar-refractivity contribution in [2.45, 2.75) is 181 Å². The number of thiocarbonyl (C=S) groups is 3. The van der Waals surface area contributed by atoms with Gasteiger partial charge in [0.25, 0.3) is 0 Å². The van der Waals surface area contributed by atoms with Gasteiger partial charge in [-0.2, -0.15) is 0 Å². The zero-order valence-electron chi connectivity index (χ0n) is 35.5. The topological polar surface area (TPSA) is 122 Å². The minimum Gasteiger partial charge on any atom is -0.366 e. The Labute approximate surface area is 354 Å². The molecule has 55 heavy (non-hydrogen) atoms. The zero-order valence-corrected chi connectivity index (χ0v) is 38.0. The van der Waals surface area contributed by atoms with Gasteiger partial charge in [0.05, 0.1) is 0 Å². The molecule has 7 N–H and O–H groups in total. The van der Waals surface area contributed by atoms with E-state index in [-0.39, 0.29) is 24.7 Å². The van der Waals surface area contributed by atoms with E-state index in [9.17, 15) is 9.59 Å². The second kappa shape index (κ2) is 41.6. The fourth-order valence-corrected chi connectivity index (χ4v) is 6.92. The Hall–Kier alpha value is -1.99. The van der Waals surface area contributed by atoms with Crippen molar-refractivity contribution in [1.82, 2.24) is 42.1 Å². The van der Waals surface area contributed by atoms with Crippen LogP contribution in [0, 0.1) is 0 Å². The van der Waals surface area contributed by atoms with Crippen LogP contribution in [0.4, 0.5) is 0 Å². The van der Waals surface area contributed by atoms with Gasteiger partial charge >= 0.3 is 0 Å². The van der Waals surface area contributed by atoms with Crippen molar-refractivity contribution >= 4 is 63.8 Å². The number of nitrogens with zero attached hydrogens (tertiary/aromatic N) is 1. The molecule has 0 aromatic heterocycles. The van der Waals surface area contributed by atoms with Gasteiger partial charge in [-0.3, -0.25) is 9.59 Å². The highest BCUT2D eigenvalue weighted by Gasteiger charge is 2.15. The molecule has 0 atom stereocenters.